The lowest BCUT2D eigenvalue weighted by Crippen LogP contribution is -2.35. The molecule has 320 valence electrons. The van der Waals surface area contributed by atoms with Crippen LogP contribution >= 0.6 is 11.8 Å². The molecule has 2 aliphatic rings. The number of aryl methyl sites for hydroxylation is 2. The molecule has 1 unspecified atom stereocenters. The minimum Gasteiger partial charge on any atom is -0.508 e. The van der Waals surface area contributed by atoms with Gasteiger partial charge in [-0.05, 0) is 116 Å². The van der Waals surface area contributed by atoms with E-state index in [1.165, 1.54) is 19.2 Å². The summed E-state index contributed by atoms with van der Waals surface area (Å²) in [6, 6.07) is 26.2. The van der Waals surface area contributed by atoms with Gasteiger partial charge in [-0.2, -0.15) is 0 Å². The van der Waals surface area contributed by atoms with Crippen molar-refractivity contribution in [1.29, 1.82) is 0 Å². The molecule has 6 N–H and O–H groups in total. The van der Waals surface area contributed by atoms with Crippen LogP contribution in [0.4, 0.5) is 10.5 Å². The summed E-state index contributed by atoms with van der Waals surface area (Å²) in [6.45, 7) is 9.75. The summed E-state index contributed by atoms with van der Waals surface area (Å²) in [5, 5.41) is 31.3. The Morgan fingerprint density at radius 1 is 0.883 bits per heavy atom. The molecule has 4 aromatic carbocycles. The Balaban J connectivity index is 0.000000231. The van der Waals surface area contributed by atoms with E-state index in [1.54, 1.807) is 30.5 Å². The first-order chi connectivity index (χ1) is 29.0. The fourth-order valence-corrected chi connectivity index (χ4v) is 6.38. The molecule has 14 nitrogen and oxygen atoms in total. The average molecular weight is 843 g/mol. The fourth-order valence-electron chi connectivity index (χ4n) is 6.03. The summed E-state index contributed by atoms with van der Waals surface area (Å²) in [6.07, 6.45) is 4.71. The van der Waals surface area contributed by atoms with Gasteiger partial charge < -0.3 is 40.6 Å². The van der Waals surface area contributed by atoms with Crippen molar-refractivity contribution in [3.63, 3.8) is 0 Å². The number of nitrogens with zero attached hydrogens (tertiary/aromatic N) is 2. The monoisotopic (exact) mass is 842 g/mol. The molecular formula is C45H54N4O10S. The van der Waals surface area contributed by atoms with Crippen LogP contribution in [0.3, 0.4) is 0 Å². The number of esters is 1. The van der Waals surface area contributed by atoms with Crippen molar-refractivity contribution in [1.82, 2.24) is 9.88 Å². The smallest absolute Gasteiger partial charge is 0.337 e. The maximum absolute atomic E-state index is 11.5. The van der Waals surface area contributed by atoms with Gasteiger partial charge in [0.2, 0.25) is 12.7 Å². The number of primary amides is 1. The summed E-state index contributed by atoms with van der Waals surface area (Å²) in [4.78, 5) is 50.6. The lowest BCUT2D eigenvalue weighted by atomic mass is 10.0. The topological polar surface area (TPSA) is 211 Å². The molecule has 0 saturated carbocycles. The molecule has 7 rings (SSSR count). The van der Waals surface area contributed by atoms with Crippen molar-refractivity contribution >= 4 is 51.4 Å². The highest BCUT2D eigenvalue weighted by molar-refractivity contribution is 8.14. The number of aromatic hydroxyl groups is 2. The van der Waals surface area contributed by atoms with Gasteiger partial charge in [0.05, 0.1) is 23.9 Å². The molecule has 0 radical (unpaired) electrons. The van der Waals surface area contributed by atoms with Crippen molar-refractivity contribution < 1.29 is 48.7 Å². The number of anilines is 1. The number of thioether (sulfide) groups is 1. The number of carboxylic acid groups (broad SMARTS) is 1. The molecule has 1 saturated heterocycles. The maximum atomic E-state index is 11.5. The third-order valence-electron chi connectivity index (χ3n) is 8.82. The molecule has 60 heavy (non-hydrogen) atoms. The summed E-state index contributed by atoms with van der Waals surface area (Å²) in [7, 11) is 1.35. The molecule has 3 heterocycles. The number of fused-ring (bicyclic) bond motifs is 2. The van der Waals surface area contributed by atoms with Crippen molar-refractivity contribution in [3.8, 4) is 23.0 Å². The van der Waals surface area contributed by atoms with Crippen LogP contribution in [-0.2, 0) is 33.7 Å². The maximum Gasteiger partial charge on any atom is 0.337 e. The van der Waals surface area contributed by atoms with Gasteiger partial charge >= 0.3 is 11.9 Å². The quantitative estimate of drug-likeness (QED) is 0.0664. The highest BCUT2D eigenvalue weighted by Crippen LogP contribution is 2.33. The predicted molar refractivity (Wildman–Crippen MR) is 234 cm³/mol. The molecule has 0 aliphatic carbocycles. The van der Waals surface area contributed by atoms with Crippen LogP contribution in [0.15, 0.2) is 97.2 Å². The van der Waals surface area contributed by atoms with Crippen molar-refractivity contribution in [3.05, 3.63) is 119 Å². The lowest BCUT2D eigenvalue weighted by molar-refractivity contribution is -0.142. The highest BCUT2D eigenvalue weighted by Gasteiger charge is 2.30. The zero-order chi connectivity index (χ0) is 44.0. The summed E-state index contributed by atoms with van der Waals surface area (Å²) >= 11 is 0.777. The zero-order valence-electron chi connectivity index (χ0n) is 34.6. The van der Waals surface area contributed by atoms with E-state index < -0.39 is 11.2 Å². The minimum absolute atomic E-state index is 0.0143. The number of carbonyl (C=O) groups excluding carboxylic acids is 3. The van der Waals surface area contributed by atoms with Gasteiger partial charge in [-0.3, -0.25) is 24.3 Å². The molecule has 1 aromatic heterocycles. The molecular weight excluding hydrogens is 789 g/mol. The lowest BCUT2D eigenvalue weighted by Gasteiger charge is -2.21. The number of nitrogens with two attached hydrogens (primary N) is 1. The Bertz CT molecular complexity index is 2170. The second kappa shape index (κ2) is 25.2. The number of methoxy groups -OCH3 is 1. The number of aromatic nitrogens is 1. The van der Waals surface area contributed by atoms with Crippen LogP contribution in [-0.4, -0.2) is 80.5 Å². The van der Waals surface area contributed by atoms with Gasteiger partial charge in [-0.25, -0.2) is 4.79 Å². The number of amides is 2. The van der Waals surface area contributed by atoms with E-state index in [0.29, 0.717) is 36.2 Å². The number of carbonyl (C=O) groups is 4. The largest absolute Gasteiger partial charge is 0.508 e. The average Bonchev–Trinajstić information content (AvgIpc) is 3.95. The van der Waals surface area contributed by atoms with Crippen LogP contribution in [0, 0.1) is 0 Å². The van der Waals surface area contributed by atoms with E-state index in [1.807, 2.05) is 87.2 Å². The number of carboxylic acids is 1. The van der Waals surface area contributed by atoms with E-state index in [2.05, 4.69) is 15.0 Å². The molecule has 15 heteroatoms. The summed E-state index contributed by atoms with van der Waals surface area (Å²) < 4.78 is 15.2. The van der Waals surface area contributed by atoms with Gasteiger partial charge in [0.25, 0.3) is 5.24 Å². The first-order valence-electron chi connectivity index (χ1n) is 19.6. The number of rotatable bonds is 10. The SMILES string of the molecule is CC.CC.COC(=O)c1ccc(CCc2cc(O)ccc2O)cc1.NC(=O)SCC(=O)Nc1ccc2ncccc2c1.O=C(O)C1CCCN1Cc1ccc2c(c1)OCO2. The number of hydrogen-bond donors (Lipinski definition) is 5. The fraction of sp³-hybridized carbons (Fsp3) is 0.311. The minimum atomic E-state index is -0.728. The van der Waals surface area contributed by atoms with Gasteiger partial charge in [-0.1, -0.05) is 63.7 Å². The molecule has 0 bridgehead atoms. The standard InChI is InChI=1S/C16H16O4.C13H15NO4.C12H11N3O2S.2C2H6/c1-20-16(19)12-5-2-11(3-6-12)4-7-13-10-14(17)8-9-15(13)18;15-13(16)10-2-1-5-14(10)7-9-3-4-11-12(6-9)18-8-17-11;13-12(17)18-7-11(16)15-9-3-4-10-8(6-9)2-1-5-14-10;2*1-2/h2-3,5-6,8-10,17-18H,4,7H2,1H3;3-4,6,10H,1-2,5,7-8H2,(H,15,16);1-6H,7H2,(H2,13,17)(H,15,16);2*1-2H3. The van der Waals surface area contributed by atoms with Crippen molar-refractivity contribution in [2.24, 2.45) is 5.73 Å². The number of benzene rings is 4. The Hall–Kier alpha value is -6.32. The first-order valence-corrected chi connectivity index (χ1v) is 20.6. The normalized spacial score (nSPS) is 13.4. The van der Waals surface area contributed by atoms with E-state index >= 15 is 0 Å². The zero-order valence-corrected chi connectivity index (χ0v) is 35.4. The number of likely N-dealkylation sites (tertiary alicyclic amines) is 1. The van der Waals surface area contributed by atoms with E-state index in [0.717, 1.165) is 64.7 Å². The van der Waals surface area contributed by atoms with Gasteiger partial charge in [0.1, 0.15) is 17.5 Å². The van der Waals surface area contributed by atoms with Crippen molar-refractivity contribution in [2.75, 3.05) is 31.5 Å². The number of nitrogens with one attached hydrogen (secondary N) is 1. The third kappa shape index (κ3) is 15.1. The van der Waals surface area contributed by atoms with Gasteiger partial charge in [0.15, 0.2) is 11.5 Å². The van der Waals surface area contributed by atoms with Gasteiger partial charge in [-0.15, -0.1) is 0 Å². The number of phenols is 2. The Morgan fingerprint density at radius 2 is 1.60 bits per heavy atom. The Kier molecular flexibility index (Phi) is 20.2. The number of pyridine rings is 1. The third-order valence-corrected chi connectivity index (χ3v) is 9.52. The van der Waals surface area contributed by atoms with Crippen LogP contribution in [0.1, 0.15) is 67.6 Å². The van der Waals surface area contributed by atoms with E-state index in [4.69, 9.17) is 20.3 Å². The van der Waals surface area contributed by atoms with Crippen LogP contribution < -0.4 is 20.5 Å². The predicted octanol–water partition coefficient (Wildman–Crippen LogP) is 8.17. The number of ether oxygens (including phenoxy) is 3. The summed E-state index contributed by atoms with van der Waals surface area (Å²) in [5.74, 6) is 0.485. The molecule has 1 fully saturated rings. The molecule has 1 atom stereocenters. The Morgan fingerprint density at radius 3 is 2.30 bits per heavy atom. The highest BCUT2D eigenvalue weighted by atomic mass is 32.2. The van der Waals surface area contributed by atoms with E-state index in [-0.39, 0.29) is 42.0 Å². The first kappa shape index (κ1) is 48.1. The van der Waals surface area contributed by atoms with Gasteiger partial charge in [0, 0.05) is 23.8 Å². The second-order valence-electron chi connectivity index (χ2n) is 12.7. The second-order valence-corrected chi connectivity index (χ2v) is 13.7. The summed E-state index contributed by atoms with van der Waals surface area (Å²) in [5.41, 5.74) is 9.79. The van der Waals surface area contributed by atoms with Crippen LogP contribution in [0.5, 0.6) is 23.0 Å². The van der Waals surface area contributed by atoms with Crippen LogP contribution in [0.2, 0.25) is 0 Å². The number of hydrogen-bond acceptors (Lipinski definition) is 12. The molecule has 2 amide bonds. The molecule has 5 aromatic rings. The number of phenolic OH excluding ortho intramolecular Hbond substituents is 2. The van der Waals surface area contributed by atoms with Crippen LogP contribution in [0.25, 0.3) is 10.9 Å². The van der Waals surface area contributed by atoms with E-state index in [9.17, 15) is 29.4 Å². The number of aliphatic carboxylic acids is 1. The molecule has 0 spiro atoms. The Labute approximate surface area is 354 Å². The van der Waals surface area contributed by atoms with Crippen molar-refractivity contribution in [2.45, 2.75) is 66.0 Å². The molecule has 2 aliphatic heterocycles.